The van der Waals surface area contributed by atoms with Crippen molar-refractivity contribution >= 4 is 5.78 Å². The van der Waals surface area contributed by atoms with E-state index in [1.165, 1.54) is 6.08 Å². The van der Waals surface area contributed by atoms with Gasteiger partial charge in [0.15, 0.2) is 5.78 Å². The lowest BCUT2D eigenvalue weighted by molar-refractivity contribution is -0.111. The molecular weight excluding hydrogens is 124 g/mol. The van der Waals surface area contributed by atoms with Gasteiger partial charge in [0.05, 0.1) is 0 Å². The maximum absolute atomic E-state index is 10.8. The zero-order valence-electron chi connectivity index (χ0n) is 6.42. The van der Waals surface area contributed by atoms with Gasteiger partial charge in [-0.1, -0.05) is 24.8 Å². The summed E-state index contributed by atoms with van der Waals surface area (Å²) in [6.45, 7) is 7.10. The standard InChI is InChI=1S/C9H12O/c1-4-5-6-7-9(10)8(2)3/h4-7H,2H2,1,3H3. The highest BCUT2D eigenvalue weighted by atomic mass is 16.1. The van der Waals surface area contributed by atoms with Crippen LogP contribution < -0.4 is 0 Å². The van der Waals surface area contributed by atoms with E-state index < -0.39 is 0 Å². The molecule has 10 heavy (non-hydrogen) atoms. The Kier molecular flexibility index (Phi) is 4.21. The summed E-state index contributed by atoms with van der Waals surface area (Å²) >= 11 is 0. The number of allylic oxidation sites excluding steroid dienone is 5. The fourth-order valence-corrected chi connectivity index (χ4v) is 0.396. The Bertz CT molecular complexity index is 185. The Labute approximate surface area is 61.8 Å². The van der Waals surface area contributed by atoms with E-state index in [9.17, 15) is 4.79 Å². The molecule has 0 amide bonds. The molecule has 0 aliphatic heterocycles. The molecule has 0 aliphatic carbocycles. The van der Waals surface area contributed by atoms with Crippen LogP contribution in [0.5, 0.6) is 0 Å². The number of carbonyl (C=O) groups excluding carboxylic acids is 1. The predicted octanol–water partition coefficient (Wildman–Crippen LogP) is 2.26. The maximum Gasteiger partial charge on any atom is 0.180 e. The lowest BCUT2D eigenvalue weighted by Crippen LogP contribution is -1.90. The summed E-state index contributed by atoms with van der Waals surface area (Å²) in [5.41, 5.74) is 0.570. The van der Waals surface area contributed by atoms with Gasteiger partial charge in [-0.25, -0.2) is 0 Å². The molecule has 0 N–H and O–H groups in total. The molecule has 0 radical (unpaired) electrons. The third kappa shape index (κ3) is 3.84. The Morgan fingerprint density at radius 1 is 1.40 bits per heavy atom. The van der Waals surface area contributed by atoms with Gasteiger partial charge in [0.25, 0.3) is 0 Å². The van der Waals surface area contributed by atoms with Crippen molar-refractivity contribution in [3.63, 3.8) is 0 Å². The van der Waals surface area contributed by atoms with Gasteiger partial charge < -0.3 is 0 Å². The average Bonchev–Trinajstić information content (AvgIpc) is 1.88. The van der Waals surface area contributed by atoms with Crippen molar-refractivity contribution in [1.29, 1.82) is 0 Å². The van der Waals surface area contributed by atoms with Gasteiger partial charge in [-0.05, 0) is 25.5 Å². The molecule has 0 fully saturated rings. The second kappa shape index (κ2) is 4.74. The van der Waals surface area contributed by atoms with Crippen molar-refractivity contribution < 1.29 is 4.79 Å². The van der Waals surface area contributed by atoms with Crippen LogP contribution in [0, 0.1) is 0 Å². The number of rotatable bonds is 3. The van der Waals surface area contributed by atoms with E-state index in [-0.39, 0.29) is 5.78 Å². The molecule has 0 spiro atoms. The molecule has 54 valence electrons. The SMILES string of the molecule is C=C(C)C(=O)C=CC=CC. The average molecular weight is 136 g/mol. The summed E-state index contributed by atoms with van der Waals surface area (Å²) in [7, 11) is 0. The van der Waals surface area contributed by atoms with E-state index >= 15 is 0 Å². The summed E-state index contributed by atoms with van der Waals surface area (Å²) in [6, 6.07) is 0. The minimum absolute atomic E-state index is 0.0156. The highest BCUT2D eigenvalue weighted by Gasteiger charge is 1.92. The first kappa shape index (κ1) is 8.89. The summed E-state index contributed by atoms with van der Waals surface area (Å²) in [5.74, 6) is -0.0156. The van der Waals surface area contributed by atoms with Gasteiger partial charge >= 0.3 is 0 Å². The summed E-state index contributed by atoms with van der Waals surface area (Å²) < 4.78 is 0. The van der Waals surface area contributed by atoms with Crippen molar-refractivity contribution in [3.8, 4) is 0 Å². The van der Waals surface area contributed by atoms with Crippen LogP contribution in [-0.4, -0.2) is 5.78 Å². The van der Waals surface area contributed by atoms with E-state index in [2.05, 4.69) is 6.58 Å². The van der Waals surface area contributed by atoms with Crippen molar-refractivity contribution in [1.82, 2.24) is 0 Å². The van der Waals surface area contributed by atoms with Gasteiger partial charge in [-0.15, -0.1) is 0 Å². The van der Waals surface area contributed by atoms with Crippen LogP contribution in [0.25, 0.3) is 0 Å². The Hall–Kier alpha value is -1.11. The number of hydrogen-bond acceptors (Lipinski definition) is 1. The van der Waals surface area contributed by atoms with E-state index in [4.69, 9.17) is 0 Å². The lowest BCUT2D eigenvalue weighted by Gasteiger charge is -1.85. The zero-order chi connectivity index (χ0) is 7.98. The fraction of sp³-hybridized carbons (Fsp3) is 0.222. The maximum atomic E-state index is 10.8. The molecule has 0 saturated heterocycles. The number of ketones is 1. The minimum Gasteiger partial charge on any atom is -0.290 e. The Morgan fingerprint density at radius 2 is 2.00 bits per heavy atom. The normalized spacial score (nSPS) is 11.0. The van der Waals surface area contributed by atoms with E-state index in [1.54, 1.807) is 19.1 Å². The number of hydrogen-bond donors (Lipinski definition) is 0. The monoisotopic (exact) mass is 136 g/mol. The third-order valence-electron chi connectivity index (χ3n) is 0.972. The molecule has 0 aromatic heterocycles. The van der Waals surface area contributed by atoms with Crippen LogP contribution in [0.2, 0.25) is 0 Å². The Morgan fingerprint density at radius 3 is 2.40 bits per heavy atom. The zero-order valence-corrected chi connectivity index (χ0v) is 6.42. The van der Waals surface area contributed by atoms with Crippen LogP contribution in [-0.2, 0) is 4.79 Å². The second-order valence-corrected chi connectivity index (χ2v) is 2.03. The van der Waals surface area contributed by atoms with E-state index in [0.29, 0.717) is 5.57 Å². The molecule has 0 rings (SSSR count). The van der Waals surface area contributed by atoms with Gasteiger partial charge in [-0.2, -0.15) is 0 Å². The minimum atomic E-state index is -0.0156. The van der Waals surface area contributed by atoms with Crippen molar-refractivity contribution in [2.75, 3.05) is 0 Å². The van der Waals surface area contributed by atoms with Crippen molar-refractivity contribution in [2.24, 2.45) is 0 Å². The first-order valence-corrected chi connectivity index (χ1v) is 3.17. The molecule has 0 aromatic carbocycles. The summed E-state index contributed by atoms with van der Waals surface area (Å²) in [4.78, 5) is 10.8. The highest BCUT2D eigenvalue weighted by Crippen LogP contribution is 1.90. The first-order valence-electron chi connectivity index (χ1n) is 3.17. The molecule has 0 heterocycles. The van der Waals surface area contributed by atoms with Gasteiger partial charge in [-0.3, -0.25) is 4.79 Å². The quantitative estimate of drug-likeness (QED) is 0.429. The van der Waals surface area contributed by atoms with Crippen LogP contribution >= 0.6 is 0 Å². The van der Waals surface area contributed by atoms with E-state index in [1.807, 2.05) is 13.0 Å². The molecule has 0 aromatic rings. The van der Waals surface area contributed by atoms with Crippen LogP contribution in [0.1, 0.15) is 13.8 Å². The van der Waals surface area contributed by atoms with Crippen LogP contribution in [0.4, 0.5) is 0 Å². The number of carbonyl (C=O) groups is 1. The lowest BCUT2D eigenvalue weighted by atomic mass is 10.2. The summed E-state index contributed by atoms with van der Waals surface area (Å²) in [5, 5.41) is 0. The topological polar surface area (TPSA) is 17.1 Å². The molecule has 1 nitrogen and oxygen atoms in total. The molecule has 0 unspecified atom stereocenters. The summed E-state index contributed by atoms with van der Waals surface area (Å²) in [6.07, 6.45) is 6.88. The van der Waals surface area contributed by atoms with Gasteiger partial charge in [0.1, 0.15) is 0 Å². The molecule has 0 atom stereocenters. The second-order valence-electron chi connectivity index (χ2n) is 2.03. The fourth-order valence-electron chi connectivity index (χ4n) is 0.396. The molecular formula is C9H12O. The van der Waals surface area contributed by atoms with Crippen LogP contribution in [0.15, 0.2) is 36.5 Å². The smallest absolute Gasteiger partial charge is 0.180 e. The highest BCUT2D eigenvalue weighted by molar-refractivity contribution is 6.03. The van der Waals surface area contributed by atoms with Crippen LogP contribution in [0.3, 0.4) is 0 Å². The largest absolute Gasteiger partial charge is 0.290 e. The Balaban J connectivity index is 3.90. The first-order chi connectivity index (χ1) is 4.68. The molecule has 0 saturated carbocycles. The predicted molar refractivity (Wildman–Crippen MR) is 43.8 cm³/mol. The molecule has 1 heteroatoms. The molecule has 0 aliphatic rings. The van der Waals surface area contributed by atoms with Gasteiger partial charge in [0.2, 0.25) is 0 Å². The van der Waals surface area contributed by atoms with Gasteiger partial charge in [0, 0.05) is 0 Å². The van der Waals surface area contributed by atoms with E-state index in [0.717, 1.165) is 0 Å². The van der Waals surface area contributed by atoms with Crippen molar-refractivity contribution in [2.45, 2.75) is 13.8 Å². The third-order valence-corrected chi connectivity index (χ3v) is 0.972. The molecule has 0 bridgehead atoms. The van der Waals surface area contributed by atoms with Crippen molar-refractivity contribution in [3.05, 3.63) is 36.5 Å².